The second-order valence-electron chi connectivity index (χ2n) is 2.03. The molecule has 0 aliphatic carbocycles. The van der Waals surface area contributed by atoms with Gasteiger partial charge >= 0.3 is 0 Å². The summed E-state index contributed by atoms with van der Waals surface area (Å²) in [4.78, 5) is 3.73. The summed E-state index contributed by atoms with van der Waals surface area (Å²) in [6, 6.07) is 0. The number of hydrogen-bond acceptors (Lipinski definition) is 1. The van der Waals surface area contributed by atoms with Gasteiger partial charge in [0.25, 0.3) is 0 Å². The van der Waals surface area contributed by atoms with E-state index in [1.54, 1.807) is 6.20 Å². The smallest absolute Gasteiger partial charge is 0.0852 e. The van der Waals surface area contributed by atoms with Crippen LogP contribution in [0.3, 0.4) is 0 Å². The van der Waals surface area contributed by atoms with Gasteiger partial charge in [0.05, 0.1) is 6.34 Å². The zero-order chi connectivity index (χ0) is 7.11. The topological polar surface area (TPSA) is 38.4 Å². The summed E-state index contributed by atoms with van der Waals surface area (Å²) in [6.45, 7) is 4.28. The van der Waals surface area contributed by atoms with Gasteiger partial charge in [0.2, 0.25) is 0 Å². The van der Waals surface area contributed by atoms with Crippen LogP contribution >= 0.6 is 0 Å². The first-order valence-electron chi connectivity index (χ1n) is 3.21. The molecule has 0 saturated heterocycles. The molecular formula is C7H14N2. The van der Waals surface area contributed by atoms with Crippen LogP contribution in [0.4, 0.5) is 0 Å². The van der Waals surface area contributed by atoms with E-state index >= 15 is 0 Å². The van der Waals surface area contributed by atoms with E-state index in [-0.39, 0.29) is 0 Å². The standard InChI is InChI=1S/C7H14N2/c1-3-7(2)4-5-9-6-8/h4-7H,3H2,1-2H3,(H2,8,9)/b5-4-. The van der Waals surface area contributed by atoms with Crippen LogP contribution in [-0.4, -0.2) is 6.34 Å². The molecule has 2 nitrogen and oxygen atoms in total. The van der Waals surface area contributed by atoms with Crippen LogP contribution in [-0.2, 0) is 0 Å². The molecule has 0 radical (unpaired) electrons. The third-order valence-corrected chi connectivity index (χ3v) is 1.23. The van der Waals surface area contributed by atoms with Gasteiger partial charge in [-0.05, 0) is 5.92 Å². The molecule has 0 aromatic carbocycles. The van der Waals surface area contributed by atoms with Crippen molar-refractivity contribution in [1.29, 1.82) is 0 Å². The minimum atomic E-state index is 0.605. The minimum absolute atomic E-state index is 0.605. The summed E-state index contributed by atoms with van der Waals surface area (Å²) in [5.41, 5.74) is 5.01. The minimum Gasteiger partial charge on any atom is -0.390 e. The fourth-order valence-corrected chi connectivity index (χ4v) is 0.382. The van der Waals surface area contributed by atoms with Gasteiger partial charge in [-0.3, -0.25) is 0 Å². The first-order chi connectivity index (χ1) is 4.31. The van der Waals surface area contributed by atoms with Crippen LogP contribution in [0.2, 0.25) is 0 Å². The summed E-state index contributed by atoms with van der Waals surface area (Å²) in [5.74, 6) is 0.605. The molecular weight excluding hydrogens is 112 g/mol. The lowest BCUT2D eigenvalue weighted by Crippen LogP contribution is -1.87. The van der Waals surface area contributed by atoms with Gasteiger partial charge in [0.1, 0.15) is 0 Å². The van der Waals surface area contributed by atoms with E-state index < -0.39 is 0 Å². The Kier molecular flexibility index (Phi) is 4.88. The van der Waals surface area contributed by atoms with Gasteiger partial charge in [0, 0.05) is 6.20 Å². The summed E-state index contributed by atoms with van der Waals surface area (Å²) in [6.07, 6.45) is 6.20. The number of aliphatic imine (C=N–C) groups is 1. The van der Waals surface area contributed by atoms with E-state index in [1.165, 1.54) is 6.34 Å². The van der Waals surface area contributed by atoms with Crippen molar-refractivity contribution in [3.63, 3.8) is 0 Å². The number of hydrogen-bond donors (Lipinski definition) is 1. The van der Waals surface area contributed by atoms with Gasteiger partial charge in [0.15, 0.2) is 0 Å². The number of rotatable bonds is 3. The maximum absolute atomic E-state index is 5.01. The number of nitrogens with two attached hydrogens (primary N) is 1. The molecule has 0 fully saturated rings. The predicted molar refractivity (Wildman–Crippen MR) is 41.3 cm³/mol. The lowest BCUT2D eigenvalue weighted by molar-refractivity contribution is 0.697. The average Bonchev–Trinajstić information content (AvgIpc) is 1.89. The molecule has 0 amide bonds. The Balaban J connectivity index is 3.43. The molecule has 1 unspecified atom stereocenters. The van der Waals surface area contributed by atoms with Gasteiger partial charge in [-0.25, -0.2) is 4.99 Å². The van der Waals surface area contributed by atoms with Crippen LogP contribution in [0.25, 0.3) is 0 Å². The predicted octanol–water partition coefficient (Wildman–Crippen LogP) is 1.53. The second kappa shape index (κ2) is 5.35. The highest BCUT2D eigenvalue weighted by molar-refractivity contribution is 5.52. The third-order valence-electron chi connectivity index (χ3n) is 1.23. The summed E-state index contributed by atoms with van der Waals surface area (Å²) in [5, 5.41) is 0. The van der Waals surface area contributed by atoms with Crippen molar-refractivity contribution in [2.75, 3.05) is 0 Å². The molecule has 0 heterocycles. The van der Waals surface area contributed by atoms with Crippen molar-refractivity contribution in [2.24, 2.45) is 16.6 Å². The Morgan fingerprint density at radius 2 is 2.33 bits per heavy atom. The lowest BCUT2D eigenvalue weighted by Gasteiger charge is -1.95. The Morgan fingerprint density at radius 1 is 1.67 bits per heavy atom. The van der Waals surface area contributed by atoms with Crippen LogP contribution in [0.5, 0.6) is 0 Å². The maximum atomic E-state index is 5.01. The number of allylic oxidation sites excluding steroid dienone is 1. The van der Waals surface area contributed by atoms with Crippen LogP contribution < -0.4 is 5.73 Å². The van der Waals surface area contributed by atoms with Crippen molar-refractivity contribution in [3.05, 3.63) is 12.3 Å². The zero-order valence-electron chi connectivity index (χ0n) is 6.04. The summed E-state index contributed by atoms with van der Waals surface area (Å²) >= 11 is 0. The maximum Gasteiger partial charge on any atom is 0.0852 e. The van der Waals surface area contributed by atoms with E-state index in [2.05, 4.69) is 18.8 Å². The highest BCUT2D eigenvalue weighted by Gasteiger charge is 1.87. The van der Waals surface area contributed by atoms with Crippen LogP contribution in [0.1, 0.15) is 20.3 Å². The van der Waals surface area contributed by atoms with Gasteiger partial charge in [-0.15, -0.1) is 0 Å². The van der Waals surface area contributed by atoms with Crippen molar-refractivity contribution >= 4 is 6.34 Å². The highest BCUT2D eigenvalue weighted by Crippen LogP contribution is 2.00. The van der Waals surface area contributed by atoms with Crippen LogP contribution in [0, 0.1) is 5.92 Å². The molecule has 52 valence electrons. The van der Waals surface area contributed by atoms with Gasteiger partial charge < -0.3 is 5.73 Å². The normalized spacial score (nSPS) is 15.3. The Labute approximate surface area is 56.5 Å². The van der Waals surface area contributed by atoms with Crippen molar-refractivity contribution in [3.8, 4) is 0 Å². The highest BCUT2D eigenvalue weighted by atomic mass is 14.8. The Morgan fingerprint density at radius 3 is 2.78 bits per heavy atom. The Hall–Kier alpha value is -0.790. The molecule has 2 N–H and O–H groups in total. The molecule has 2 heteroatoms. The first kappa shape index (κ1) is 8.21. The van der Waals surface area contributed by atoms with Crippen LogP contribution in [0.15, 0.2) is 17.3 Å². The first-order valence-corrected chi connectivity index (χ1v) is 3.21. The Bertz CT molecular complexity index is 105. The molecule has 0 aliphatic heterocycles. The van der Waals surface area contributed by atoms with E-state index in [0.29, 0.717) is 5.92 Å². The third kappa shape index (κ3) is 5.07. The quantitative estimate of drug-likeness (QED) is 0.452. The molecule has 0 aliphatic rings. The average molecular weight is 126 g/mol. The van der Waals surface area contributed by atoms with Gasteiger partial charge in [-0.2, -0.15) is 0 Å². The fraction of sp³-hybridized carbons (Fsp3) is 0.571. The molecule has 0 aromatic rings. The second-order valence-corrected chi connectivity index (χ2v) is 2.03. The zero-order valence-corrected chi connectivity index (χ0v) is 6.04. The SMILES string of the molecule is CCC(C)/C=C\N=CN. The van der Waals surface area contributed by atoms with Crippen molar-refractivity contribution in [1.82, 2.24) is 0 Å². The molecule has 0 rings (SSSR count). The molecule has 0 bridgehead atoms. The largest absolute Gasteiger partial charge is 0.390 e. The fourth-order valence-electron chi connectivity index (χ4n) is 0.382. The summed E-state index contributed by atoms with van der Waals surface area (Å²) < 4.78 is 0. The molecule has 0 saturated carbocycles. The number of nitrogens with zero attached hydrogens (tertiary/aromatic N) is 1. The molecule has 1 atom stereocenters. The van der Waals surface area contributed by atoms with E-state index in [9.17, 15) is 0 Å². The molecule has 0 aromatic heterocycles. The monoisotopic (exact) mass is 126 g/mol. The molecule has 9 heavy (non-hydrogen) atoms. The van der Waals surface area contributed by atoms with Crippen molar-refractivity contribution in [2.45, 2.75) is 20.3 Å². The van der Waals surface area contributed by atoms with E-state index in [0.717, 1.165) is 6.42 Å². The lowest BCUT2D eigenvalue weighted by atomic mass is 10.1. The van der Waals surface area contributed by atoms with E-state index in [4.69, 9.17) is 5.73 Å². The van der Waals surface area contributed by atoms with Crippen molar-refractivity contribution < 1.29 is 0 Å². The van der Waals surface area contributed by atoms with Gasteiger partial charge in [-0.1, -0.05) is 26.3 Å². The molecule has 0 spiro atoms. The van der Waals surface area contributed by atoms with E-state index in [1.807, 2.05) is 6.08 Å². The summed E-state index contributed by atoms with van der Waals surface area (Å²) in [7, 11) is 0.